The first-order valence-electron chi connectivity index (χ1n) is 11.7. The topological polar surface area (TPSA) is 51.0 Å². The highest BCUT2D eigenvalue weighted by atomic mass is 16.2. The number of carbonyl (C=O) groups is 1. The van der Waals surface area contributed by atoms with Gasteiger partial charge < -0.3 is 4.90 Å². The molecule has 1 aliphatic heterocycles. The van der Waals surface area contributed by atoms with Gasteiger partial charge in [-0.05, 0) is 65.8 Å². The molecule has 0 spiro atoms. The van der Waals surface area contributed by atoms with Crippen LogP contribution in [0.25, 0.3) is 0 Å². The second kappa shape index (κ2) is 9.68. The van der Waals surface area contributed by atoms with Gasteiger partial charge in [-0.15, -0.1) is 0 Å². The van der Waals surface area contributed by atoms with Gasteiger partial charge in [-0.2, -0.15) is 5.10 Å². The number of rotatable bonds is 8. The molecule has 32 heavy (non-hydrogen) atoms. The lowest BCUT2D eigenvalue weighted by Crippen LogP contribution is -2.35. The summed E-state index contributed by atoms with van der Waals surface area (Å²) in [5.74, 6) is 0.734. The Balaban J connectivity index is 1.34. The van der Waals surface area contributed by atoms with Gasteiger partial charge in [0, 0.05) is 18.7 Å². The van der Waals surface area contributed by atoms with E-state index in [2.05, 4.69) is 79.4 Å². The first-order chi connectivity index (χ1) is 15.4. The lowest BCUT2D eigenvalue weighted by atomic mass is 9.78. The van der Waals surface area contributed by atoms with Gasteiger partial charge in [-0.25, -0.2) is 9.67 Å². The van der Waals surface area contributed by atoms with Gasteiger partial charge in [-0.1, -0.05) is 57.2 Å². The lowest BCUT2D eigenvalue weighted by molar-refractivity contribution is -0.119. The molecule has 1 aliphatic rings. The molecule has 1 atom stereocenters. The van der Waals surface area contributed by atoms with Crippen LogP contribution in [-0.2, 0) is 16.8 Å². The van der Waals surface area contributed by atoms with Crippen molar-refractivity contribution in [3.8, 4) is 0 Å². The van der Waals surface area contributed by atoms with Crippen LogP contribution in [0.4, 0.5) is 5.69 Å². The highest BCUT2D eigenvalue weighted by Crippen LogP contribution is 2.33. The van der Waals surface area contributed by atoms with Crippen LogP contribution in [0.3, 0.4) is 0 Å². The van der Waals surface area contributed by atoms with E-state index in [9.17, 15) is 4.79 Å². The van der Waals surface area contributed by atoms with Crippen molar-refractivity contribution >= 4 is 11.6 Å². The number of carbonyl (C=O) groups excluding carboxylic acids is 1. The Morgan fingerprint density at radius 3 is 2.44 bits per heavy atom. The van der Waals surface area contributed by atoms with Gasteiger partial charge in [0.05, 0.1) is 6.54 Å². The number of aromatic nitrogens is 3. The molecule has 1 aromatic heterocycles. The second-order valence-corrected chi connectivity index (χ2v) is 9.71. The minimum atomic E-state index is 0.111. The Morgan fingerprint density at radius 2 is 1.78 bits per heavy atom. The third-order valence-electron chi connectivity index (χ3n) is 6.85. The van der Waals surface area contributed by atoms with E-state index in [4.69, 9.17) is 0 Å². The molecule has 0 aliphatic carbocycles. The van der Waals surface area contributed by atoms with E-state index >= 15 is 0 Å². The molecule has 2 heterocycles. The maximum absolute atomic E-state index is 12.2. The van der Waals surface area contributed by atoms with Crippen molar-refractivity contribution in [1.29, 1.82) is 0 Å². The van der Waals surface area contributed by atoms with Crippen LogP contribution in [-0.4, -0.2) is 27.2 Å². The Bertz CT molecular complexity index is 1010. The Kier molecular flexibility index (Phi) is 6.73. The largest absolute Gasteiger partial charge is 0.312 e. The summed E-state index contributed by atoms with van der Waals surface area (Å²) in [5.41, 5.74) is 5.09. The van der Waals surface area contributed by atoms with E-state index in [1.165, 1.54) is 16.7 Å². The van der Waals surface area contributed by atoms with E-state index in [0.29, 0.717) is 12.3 Å². The number of nitrogens with zero attached hydrogens (tertiary/aromatic N) is 4. The summed E-state index contributed by atoms with van der Waals surface area (Å²) in [4.78, 5) is 18.1. The third-order valence-corrected chi connectivity index (χ3v) is 6.85. The first-order valence-corrected chi connectivity index (χ1v) is 11.7. The minimum absolute atomic E-state index is 0.111. The molecule has 5 heteroatoms. The number of hydrogen-bond acceptors (Lipinski definition) is 3. The molecule has 2 aromatic carbocycles. The molecule has 1 saturated heterocycles. The highest BCUT2D eigenvalue weighted by Gasteiger charge is 2.23. The fraction of sp³-hybridized carbons (Fsp3) is 0.444. The molecule has 4 rings (SSSR count). The zero-order valence-electron chi connectivity index (χ0n) is 19.5. The van der Waals surface area contributed by atoms with Crippen LogP contribution >= 0.6 is 0 Å². The number of benzene rings is 2. The summed E-state index contributed by atoms with van der Waals surface area (Å²) in [6.45, 7) is 8.56. The SMILES string of the molecule is CC(CCC(C)(C)c1ccc(Cn2cncn2)cc1)c1ccc(N2CCCCC2=O)cc1. The predicted octanol–water partition coefficient (Wildman–Crippen LogP) is 5.70. The molecule has 168 valence electrons. The van der Waals surface area contributed by atoms with Crippen molar-refractivity contribution in [3.63, 3.8) is 0 Å². The molecule has 3 aromatic rings. The third kappa shape index (κ3) is 5.26. The number of anilines is 1. The summed E-state index contributed by atoms with van der Waals surface area (Å²) in [7, 11) is 0. The molecular formula is C27H34N4O. The smallest absolute Gasteiger partial charge is 0.226 e. The number of amides is 1. The zero-order valence-corrected chi connectivity index (χ0v) is 19.5. The molecule has 0 radical (unpaired) electrons. The van der Waals surface area contributed by atoms with E-state index in [0.717, 1.165) is 44.5 Å². The number of hydrogen-bond donors (Lipinski definition) is 0. The Labute approximate surface area is 191 Å². The predicted molar refractivity (Wildman–Crippen MR) is 129 cm³/mol. The summed E-state index contributed by atoms with van der Waals surface area (Å²) in [5, 5.41) is 4.18. The van der Waals surface area contributed by atoms with Crippen molar-refractivity contribution in [2.24, 2.45) is 0 Å². The van der Waals surface area contributed by atoms with Gasteiger partial charge in [0.1, 0.15) is 12.7 Å². The summed E-state index contributed by atoms with van der Waals surface area (Å²) >= 11 is 0. The molecule has 5 nitrogen and oxygen atoms in total. The van der Waals surface area contributed by atoms with E-state index in [1.807, 2.05) is 9.58 Å². The summed E-state index contributed by atoms with van der Waals surface area (Å²) < 4.78 is 1.84. The Morgan fingerprint density at radius 1 is 1.03 bits per heavy atom. The van der Waals surface area contributed by atoms with Gasteiger partial charge >= 0.3 is 0 Å². The van der Waals surface area contributed by atoms with Gasteiger partial charge in [0.15, 0.2) is 0 Å². The first kappa shape index (κ1) is 22.3. The van der Waals surface area contributed by atoms with Crippen molar-refractivity contribution in [3.05, 3.63) is 77.9 Å². The second-order valence-electron chi connectivity index (χ2n) is 9.71. The van der Waals surface area contributed by atoms with Crippen molar-refractivity contribution in [2.45, 2.75) is 70.8 Å². The van der Waals surface area contributed by atoms with Crippen molar-refractivity contribution in [2.75, 3.05) is 11.4 Å². The average molecular weight is 431 g/mol. The maximum Gasteiger partial charge on any atom is 0.226 e. The zero-order chi connectivity index (χ0) is 22.6. The van der Waals surface area contributed by atoms with Crippen LogP contribution in [0.1, 0.15) is 75.5 Å². The van der Waals surface area contributed by atoms with Gasteiger partial charge in [0.2, 0.25) is 5.91 Å². The maximum atomic E-state index is 12.2. The molecule has 0 saturated carbocycles. The molecule has 0 N–H and O–H groups in total. The normalized spacial score (nSPS) is 15.7. The van der Waals surface area contributed by atoms with E-state index in [1.54, 1.807) is 12.7 Å². The highest BCUT2D eigenvalue weighted by molar-refractivity contribution is 5.93. The molecule has 1 fully saturated rings. The minimum Gasteiger partial charge on any atom is -0.312 e. The molecular weight excluding hydrogens is 396 g/mol. The van der Waals surface area contributed by atoms with Crippen LogP contribution in [0.2, 0.25) is 0 Å². The fourth-order valence-corrected chi connectivity index (χ4v) is 4.51. The van der Waals surface area contributed by atoms with E-state index in [-0.39, 0.29) is 11.3 Å². The standard InChI is InChI=1S/C27H34N4O/c1-21(23-9-13-25(14-10-23)31-17-5-4-6-26(31)32)15-16-27(2,3)24-11-7-22(8-12-24)18-30-20-28-19-29-30/h7-14,19-21H,4-6,15-18H2,1-3H3. The van der Waals surface area contributed by atoms with Crippen LogP contribution in [0, 0.1) is 0 Å². The van der Waals surface area contributed by atoms with Crippen LogP contribution in [0.15, 0.2) is 61.2 Å². The van der Waals surface area contributed by atoms with Crippen molar-refractivity contribution in [1.82, 2.24) is 14.8 Å². The van der Waals surface area contributed by atoms with E-state index < -0.39 is 0 Å². The summed E-state index contributed by atoms with van der Waals surface area (Å²) in [6, 6.07) is 17.5. The quantitative estimate of drug-likeness (QED) is 0.460. The summed E-state index contributed by atoms with van der Waals surface area (Å²) in [6.07, 6.45) is 8.34. The molecule has 1 unspecified atom stereocenters. The average Bonchev–Trinajstić information content (AvgIpc) is 3.31. The molecule has 0 bridgehead atoms. The lowest BCUT2D eigenvalue weighted by Gasteiger charge is -2.28. The van der Waals surface area contributed by atoms with Gasteiger partial charge in [0.25, 0.3) is 0 Å². The van der Waals surface area contributed by atoms with Crippen LogP contribution in [0.5, 0.6) is 0 Å². The van der Waals surface area contributed by atoms with Crippen molar-refractivity contribution < 1.29 is 4.79 Å². The molecule has 1 amide bonds. The van der Waals surface area contributed by atoms with Crippen LogP contribution < -0.4 is 4.90 Å². The van der Waals surface area contributed by atoms with Gasteiger partial charge in [-0.3, -0.25) is 4.79 Å². The Hall–Kier alpha value is -2.95. The fourth-order valence-electron chi connectivity index (χ4n) is 4.51. The monoisotopic (exact) mass is 430 g/mol. The number of piperidine rings is 1.